The maximum absolute atomic E-state index is 11.4. The van der Waals surface area contributed by atoms with Crippen LogP contribution >= 0.6 is 0 Å². The van der Waals surface area contributed by atoms with Crippen LogP contribution in [0.3, 0.4) is 0 Å². The summed E-state index contributed by atoms with van der Waals surface area (Å²) >= 11 is 0. The first kappa shape index (κ1) is 14.7. The van der Waals surface area contributed by atoms with Gasteiger partial charge in [0.25, 0.3) is 0 Å². The molecule has 1 aliphatic rings. The number of aryl methyl sites for hydroxylation is 1. The average molecular weight is 277 g/mol. The van der Waals surface area contributed by atoms with Crippen LogP contribution in [0.2, 0.25) is 0 Å². The highest BCUT2D eigenvalue weighted by Gasteiger charge is 2.23. The molecule has 0 aromatic heterocycles. The Morgan fingerprint density at radius 2 is 2.05 bits per heavy atom. The molecule has 0 spiro atoms. The van der Waals surface area contributed by atoms with Crippen molar-refractivity contribution < 1.29 is 9.53 Å². The molecule has 0 fully saturated rings. The smallest absolute Gasteiger partial charge is 0.224 e. The second kappa shape index (κ2) is 5.32. The van der Waals surface area contributed by atoms with E-state index in [0.29, 0.717) is 24.5 Å². The number of hydrogen-bond donors (Lipinski definition) is 2. The third-order valence-corrected chi connectivity index (χ3v) is 3.92. The molecular weight excluding hydrogens is 254 g/mol. The number of nitrogens with one attached hydrogen (secondary N) is 1. The van der Waals surface area contributed by atoms with Crippen LogP contribution in [0.1, 0.15) is 25.8 Å². The molecule has 2 rings (SSSR count). The van der Waals surface area contributed by atoms with Crippen molar-refractivity contribution >= 4 is 17.3 Å². The Kier molecular flexibility index (Phi) is 3.90. The number of nitrogen functional groups attached to an aromatic ring is 1. The van der Waals surface area contributed by atoms with E-state index < -0.39 is 0 Å². The fraction of sp³-hybridized carbons (Fsp3) is 0.533. The molecule has 0 saturated carbocycles. The fourth-order valence-corrected chi connectivity index (χ4v) is 1.94. The molecule has 1 aromatic carbocycles. The van der Waals surface area contributed by atoms with Gasteiger partial charge in [-0.3, -0.25) is 4.79 Å². The topological polar surface area (TPSA) is 67.6 Å². The number of nitrogens with two attached hydrogens (primary N) is 1. The van der Waals surface area contributed by atoms with Crippen molar-refractivity contribution in [1.82, 2.24) is 4.90 Å². The maximum atomic E-state index is 11.4. The Hall–Kier alpha value is -1.75. The van der Waals surface area contributed by atoms with E-state index in [4.69, 9.17) is 10.5 Å². The number of fused-ring (bicyclic) bond motifs is 1. The minimum absolute atomic E-state index is 0.0434. The van der Waals surface area contributed by atoms with Gasteiger partial charge in [-0.15, -0.1) is 0 Å². The van der Waals surface area contributed by atoms with Gasteiger partial charge in [-0.05, 0) is 46.0 Å². The van der Waals surface area contributed by atoms with Gasteiger partial charge in [0.05, 0.1) is 5.69 Å². The van der Waals surface area contributed by atoms with Crippen LogP contribution in [0.25, 0.3) is 0 Å². The number of nitrogens with zero attached hydrogens (tertiary/aromatic N) is 1. The molecule has 1 aliphatic heterocycles. The van der Waals surface area contributed by atoms with Crippen molar-refractivity contribution in [3.8, 4) is 5.75 Å². The third kappa shape index (κ3) is 3.04. The molecule has 1 aromatic rings. The van der Waals surface area contributed by atoms with Gasteiger partial charge in [0.1, 0.15) is 12.4 Å². The minimum Gasteiger partial charge on any atom is -0.489 e. The maximum Gasteiger partial charge on any atom is 0.224 e. The zero-order chi connectivity index (χ0) is 14.9. The van der Waals surface area contributed by atoms with Gasteiger partial charge in [0, 0.05) is 23.7 Å². The molecule has 1 amide bonds. The molecule has 0 saturated heterocycles. The molecule has 0 radical (unpaired) electrons. The number of ether oxygens (including phenoxy) is 1. The first-order valence-electron chi connectivity index (χ1n) is 6.82. The average Bonchev–Trinajstić information content (AvgIpc) is 2.36. The van der Waals surface area contributed by atoms with Gasteiger partial charge < -0.3 is 20.7 Å². The highest BCUT2D eigenvalue weighted by molar-refractivity contribution is 5.94. The largest absolute Gasteiger partial charge is 0.489 e. The predicted molar refractivity (Wildman–Crippen MR) is 81.1 cm³/mol. The summed E-state index contributed by atoms with van der Waals surface area (Å²) in [6.45, 7) is 4.73. The lowest BCUT2D eigenvalue weighted by atomic mass is 10.0. The molecule has 0 bridgehead atoms. The van der Waals surface area contributed by atoms with Crippen LogP contribution in [0.4, 0.5) is 11.4 Å². The molecular formula is C15H23N3O2. The number of rotatable bonds is 4. The van der Waals surface area contributed by atoms with E-state index in [1.807, 2.05) is 26.2 Å². The van der Waals surface area contributed by atoms with E-state index in [2.05, 4.69) is 24.1 Å². The molecule has 5 nitrogen and oxygen atoms in total. The van der Waals surface area contributed by atoms with Gasteiger partial charge >= 0.3 is 0 Å². The number of likely N-dealkylation sites (N-methyl/N-ethyl adjacent to an activating group) is 1. The lowest BCUT2D eigenvalue weighted by molar-refractivity contribution is -0.116. The second-order valence-electron chi connectivity index (χ2n) is 6.09. The number of hydrogen-bond acceptors (Lipinski definition) is 4. The van der Waals surface area contributed by atoms with Crippen molar-refractivity contribution in [2.24, 2.45) is 0 Å². The zero-order valence-corrected chi connectivity index (χ0v) is 12.6. The Balaban J connectivity index is 2.17. The lowest BCUT2D eigenvalue weighted by Crippen LogP contribution is -2.43. The summed E-state index contributed by atoms with van der Waals surface area (Å²) < 4.78 is 5.85. The minimum atomic E-state index is -0.0917. The third-order valence-electron chi connectivity index (χ3n) is 3.92. The summed E-state index contributed by atoms with van der Waals surface area (Å²) in [5.41, 5.74) is 8.45. The van der Waals surface area contributed by atoms with Crippen LogP contribution in [-0.2, 0) is 11.2 Å². The van der Waals surface area contributed by atoms with Crippen LogP contribution in [-0.4, -0.2) is 37.0 Å². The fourth-order valence-electron chi connectivity index (χ4n) is 1.94. The van der Waals surface area contributed by atoms with Crippen molar-refractivity contribution in [2.75, 3.05) is 31.8 Å². The Morgan fingerprint density at radius 3 is 2.70 bits per heavy atom. The molecule has 1 heterocycles. The van der Waals surface area contributed by atoms with Crippen LogP contribution < -0.4 is 15.8 Å². The summed E-state index contributed by atoms with van der Waals surface area (Å²) in [6.07, 6.45) is 1.25. The zero-order valence-electron chi connectivity index (χ0n) is 12.6. The predicted octanol–water partition coefficient (Wildman–Crippen LogP) is 1.87. The number of anilines is 2. The van der Waals surface area contributed by atoms with Crippen molar-refractivity contribution in [2.45, 2.75) is 32.2 Å². The number of carbonyl (C=O) groups excluding carboxylic acids is 1. The lowest BCUT2D eigenvalue weighted by Gasteiger charge is -2.32. The summed E-state index contributed by atoms with van der Waals surface area (Å²) in [5.74, 6) is 0.669. The van der Waals surface area contributed by atoms with E-state index in [0.717, 1.165) is 17.7 Å². The van der Waals surface area contributed by atoms with Crippen molar-refractivity contribution in [1.29, 1.82) is 0 Å². The number of carbonyl (C=O) groups is 1. The highest BCUT2D eigenvalue weighted by Crippen LogP contribution is 2.33. The number of amides is 1. The van der Waals surface area contributed by atoms with Crippen molar-refractivity contribution in [3.05, 3.63) is 17.7 Å². The summed E-state index contributed by atoms with van der Waals surface area (Å²) in [7, 11) is 4.03. The summed E-state index contributed by atoms with van der Waals surface area (Å²) in [4.78, 5) is 13.5. The van der Waals surface area contributed by atoms with Crippen LogP contribution in [0.5, 0.6) is 5.75 Å². The summed E-state index contributed by atoms with van der Waals surface area (Å²) in [5, 5.41) is 2.86. The SMILES string of the molecule is CN(C)C(C)(C)COc1cc2c(cc1N)CCC(=O)N2. The summed E-state index contributed by atoms with van der Waals surface area (Å²) in [6, 6.07) is 3.72. The van der Waals surface area contributed by atoms with Gasteiger partial charge in [-0.1, -0.05) is 0 Å². The normalized spacial score (nSPS) is 14.9. The van der Waals surface area contributed by atoms with E-state index in [1.54, 1.807) is 0 Å². The Labute approximate surface area is 120 Å². The number of benzene rings is 1. The van der Waals surface area contributed by atoms with Gasteiger partial charge in [-0.2, -0.15) is 0 Å². The molecule has 3 N–H and O–H groups in total. The molecule has 20 heavy (non-hydrogen) atoms. The second-order valence-corrected chi connectivity index (χ2v) is 6.09. The first-order valence-corrected chi connectivity index (χ1v) is 6.82. The molecule has 0 aliphatic carbocycles. The molecule has 0 atom stereocenters. The monoisotopic (exact) mass is 277 g/mol. The van der Waals surface area contributed by atoms with Crippen LogP contribution in [0.15, 0.2) is 12.1 Å². The quantitative estimate of drug-likeness (QED) is 0.825. The molecule has 0 unspecified atom stereocenters. The standard InChI is InChI=1S/C15H23N3O2/c1-15(2,18(3)4)9-20-13-8-12-10(7-11(13)16)5-6-14(19)17-12/h7-8H,5-6,9,16H2,1-4H3,(H,17,19). The van der Waals surface area contributed by atoms with Crippen molar-refractivity contribution in [3.63, 3.8) is 0 Å². The van der Waals surface area contributed by atoms with E-state index >= 15 is 0 Å². The molecule has 110 valence electrons. The van der Waals surface area contributed by atoms with E-state index in [-0.39, 0.29) is 11.4 Å². The Bertz CT molecular complexity index is 524. The van der Waals surface area contributed by atoms with Gasteiger partial charge in [0.15, 0.2) is 0 Å². The highest BCUT2D eigenvalue weighted by atomic mass is 16.5. The van der Waals surface area contributed by atoms with Gasteiger partial charge in [-0.25, -0.2) is 0 Å². The van der Waals surface area contributed by atoms with Gasteiger partial charge in [0.2, 0.25) is 5.91 Å². The van der Waals surface area contributed by atoms with E-state index in [9.17, 15) is 4.79 Å². The van der Waals surface area contributed by atoms with E-state index in [1.165, 1.54) is 0 Å². The van der Waals surface area contributed by atoms with Crippen LogP contribution in [0, 0.1) is 0 Å². The Morgan fingerprint density at radius 1 is 1.35 bits per heavy atom. The molecule has 5 heteroatoms. The first-order chi connectivity index (χ1) is 9.29.